The molecule has 6 saturated carbocycles. The predicted molar refractivity (Wildman–Crippen MR) is 244 cm³/mol. The lowest BCUT2D eigenvalue weighted by Gasteiger charge is -2.69. The molecule has 8 heteroatoms. The maximum atomic E-state index is 14.8. The maximum absolute atomic E-state index is 14.8. The van der Waals surface area contributed by atoms with E-state index in [1.165, 1.54) is 5.57 Å². The fraction of sp³-hybridized carbons (Fsp3) is 0.679. The standard InChI is InChI=1S/C56H70O8/c1-29-23-39-47(4,28-36(29)58)15-19-51(8)38-14-13-32-33(48(38,5)16-20-52(39,51)9)26-42(59)56(62)55(32,12)64-45-31(3)43-34(25-37(45)63-56)49(6)17-21-53(10)40-24-30(2)44(60)46(61)50(40,7)18-22-54(53,11)41(49)27-35(43)57/h13-14,25-27,29-30,39-40,46,61-62H,15-24,28H2,1-12H3/t29-,30-,39-,40-,46-,47+,48+,49+,50-,51-,52+,53+,54-,55-,56+/m1/s1. The first-order valence-electron chi connectivity index (χ1n) is 24.6. The number of ketones is 4. The average molecular weight is 871 g/mol. The molecule has 0 saturated heterocycles. The van der Waals surface area contributed by atoms with Crippen molar-refractivity contribution < 1.29 is 38.9 Å². The fourth-order valence-corrected chi connectivity index (χ4v) is 17.9. The Labute approximate surface area is 379 Å². The molecule has 0 radical (unpaired) electrons. The minimum absolute atomic E-state index is 0.0196. The van der Waals surface area contributed by atoms with Gasteiger partial charge >= 0.3 is 5.79 Å². The van der Waals surface area contributed by atoms with Crippen molar-refractivity contribution >= 4 is 23.1 Å². The van der Waals surface area contributed by atoms with Gasteiger partial charge in [0.1, 0.15) is 11.9 Å². The molecule has 11 rings (SSSR count). The van der Waals surface area contributed by atoms with Crippen molar-refractivity contribution in [2.45, 2.75) is 177 Å². The first-order chi connectivity index (χ1) is 29.6. The molecule has 0 spiro atoms. The van der Waals surface area contributed by atoms with Gasteiger partial charge in [-0.3, -0.25) is 19.2 Å². The van der Waals surface area contributed by atoms with Crippen LogP contribution in [0.1, 0.15) is 168 Å². The second-order valence-corrected chi connectivity index (χ2v) is 25.3. The second-order valence-electron chi connectivity index (χ2n) is 25.3. The summed E-state index contributed by atoms with van der Waals surface area (Å²) in [5.74, 6) is -1.67. The average Bonchev–Trinajstić information content (AvgIpc) is 3.23. The molecular formula is C56H70O8. The van der Waals surface area contributed by atoms with Crippen LogP contribution >= 0.6 is 0 Å². The van der Waals surface area contributed by atoms with E-state index >= 15 is 0 Å². The predicted octanol–water partition coefficient (Wildman–Crippen LogP) is 10.4. The maximum Gasteiger partial charge on any atom is 0.317 e. The summed E-state index contributed by atoms with van der Waals surface area (Å²) < 4.78 is 13.8. The van der Waals surface area contributed by atoms with Crippen LogP contribution in [0.4, 0.5) is 0 Å². The van der Waals surface area contributed by atoms with E-state index in [0.29, 0.717) is 41.4 Å². The zero-order valence-corrected chi connectivity index (χ0v) is 40.4. The second kappa shape index (κ2) is 12.3. The summed E-state index contributed by atoms with van der Waals surface area (Å²) in [7, 11) is 0. The van der Waals surface area contributed by atoms with Crippen LogP contribution in [-0.4, -0.2) is 50.8 Å². The minimum atomic E-state index is -2.36. The lowest BCUT2D eigenvalue weighted by molar-refractivity contribution is -0.231. The monoisotopic (exact) mass is 871 g/mol. The first-order valence-corrected chi connectivity index (χ1v) is 24.6. The van der Waals surface area contributed by atoms with E-state index in [1.54, 1.807) is 13.0 Å². The molecule has 1 aliphatic heterocycles. The number of hydrogen-bond donors (Lipinski definition) is 2. The largest absolute Gasteiger partial charge is 0.471 e. The zero-order chi connectivity index (χ0) is 46.1. The summed E-state index contributed by atoms with van der Waals surface area (Å²) in [4.78, 5) is 55.9. The SMILES string of the molecule is Cc1c2c(cc3c1C(=O)C=C1[C@@]3(C)CC[C@@]3(C)[C@@H]4C[C@@H](C)C(=O)[C@@H](O)[C@]4(C)CC[C@]13C)O[C@@]1(O)C(=O)C=C3C(=CC=C4[C@@]3(C)CC[C@@]3(C)[C@@H]5C[C@@H](C)C(=O)C[C@]5(C)CC[C@]43C)[C@@]1(C)O2. The number of rotatable bonds is 0. The summed E-state index contributed by atoms with van der Waals surface area (Å²) in [5, 5.41) is 24.3. The Kier molecular flexibility index (Phi) is 8.25. The number of Topliss-reactive ketones (excluding diaryl/α,β-unsaturated/α-hetero) is 2. The van der Waals surface area contributed by atoms with Gasteiger partial charge in [-0.2, -0.15) is 0 Å². The number of carbonyl (C=O) groups is 4. The number of carbonyl (C=O) groups excluding carboxylic acids is 4. The Bertz CT molecular complexity index is 2580. The topological polar surface area (TPSA) is 127 Å². The number of hydrogen-bond acceptors (Lipinski definition) is 8. The number of ether oxygens (including phenoxy) is 2. The third-order valence-corrected chi connectivity index (χ3v) is 22.6. The third-order valence-electron chi connectivity index (χ3n) is 22.6. The number of benzene rings is 1. The third kappa shape index (κ3) is 4.56. The normalized spacial score (nSPS) is 50.9. The highest BCUT2D eigenvalue weighted by Crippen LogP contribution is 2.77. The van der Waals surface area contributed by atoms with Crippen molar-refractivity contribution in [3.05, 3.63) is 69.4 Å². The highest BCUT2D eigenvalue weighted by Gasteiger charge is 2.72. The molecule has 8 nitrogen and oxygen atoms in total. The Hall–Kier alpha value is -3.62. The van der Waals surface area contributed by atoms with E-state index in [4.69, 9.17) is 9.47 Å². The molecule has 1 aromatic carbocycles. The Morgan fingerprint density at radius 2 is 1.30 bits per heavy atom. The van der Waals surface area contributed by atoms with E-state index in [0.717, 1.165) is 80.1 Å². The van der Waals surface area contributed by atoms with Crippen molar-refractivity contribution in [2.75, 3.05) is 0 Å². The van der Waals surface area contributed by atoms with Crippen molar-refractivity contribution in [1.29, 1.82) is 0 Å². The van der Waals surface area contributed by atoms with Gasteiger partial charge in [-0.05, 0) is 152 Å². The van der Waals surface area contributed by atoms with Crippen LogP contribution in [0.3, 0.4) is 0 Å². The minimum Gasteiger partial charge on any atom is -0.471 e. The number of aliphatic hydroxyl groups is 2. The molecule has 0 bridgehead atoms. The smallest absolute Gasteiger partial charge is 0.317 e. The fourth-order valence-electron chi connectivity index (χ4n) is 17.9. The Morgan fingerprint density at radius 1 is 0.672 bits per heavy atom. The van der Waals surface area contributed by atoms with E-state index in [9.17, 15) is 29.4 Å². The van der Waals surface area contributed by atoms with Gasteiger partial charge in [-0.15, -0.1) is 0 Å². The van der Waals surface area contributed by atoms with Gasteiger partial charge in [0.2, 0.25) is 11.4 Å². The highest BCUT2D eigenvalue weighted by atomic mass is 16.7. The van der Waals surface area contributed by atoms with Crippen molar-refractivity contribution in [3.63, 3.8) is 0 Å². The number of aliphatic hydroxyl groups excluding tert-OH is 1. The zero-order valence-electron chi connectivity index (χ0n) is 40.4. The van der Waals surface area contributed by atoms with Crippen molar-refractivity contribution in [3.8, 4) is 11.5 Å². The van der Waals surface area contributed by atoms with Crippen LogP contribution in [0, 0.1) is 68.5 Å². The van der Waals surface area contributed by atoms with Crippen LogP contribution in [-0.2, 0) is 19.8 Å². The summed E-state index contributed by atoms with van der Waals surface area (Å²) in [5.41, 5.74) is 2.02. The van der Waals surface area contributed by atoms with Crippen LogP contribution < -0.4 is 9.47 Å². The summed E-state index contributed by atoms with van der Waals surface area (Å²) >= 11 is 0. The van der Waals surface area contributed by atoms with Crippen LogP contribution in [0.15, 0.2) is 52.7 Å². The Morgan fingerprint density at radius 3 is 2.00 bits per heavy atom. The molecule has 64 heavy (non-hydrogen) atoms. The van der Waals surface area contributed by atoms with Crippen LogP contribution in [0.2, 0.25) is 0 Å². The molecule has 6 fully saturated rings. The number of allylic oxidation sites excluding steroid dienone is 5. The van der Waals surface area contributed by atoms with Gasteiger partial charge in [-0.1, -0.05) is 87.0 Å². The molecule has 0 amide bonds. The first kappa shape index (κ1) is 43.0. The van der Waals surface area contributed by atoms with E-state index < -0.39 is 39.5 Å². The quantitative estimate of drug-likeness (QED) is 0.264. The van der Waals surface area contributed by atoms with Crippen LogP contribution in [0.5, 0.6) is 11.5 Å². The van der Waals surface area contributed by atoms with E-state index in [1.807, 2.05) is 26.0 Å². The molecule has 1 heterocycles. The molecule has 9 aliphatic carbocycles. The molecule has 1 aromatic rings. The molecular weight excluding hydrogens is 801 g/mol. The van der Waals surface area contributed by atoms with Gasteiger partial charge in [0.05, 0.1) is 0 Å². The van der Waals surface area contributed by atoms with Gasteiger partial charge < -0.3 is 19.7 Å². The molecule has 2 N–H and O–H groups in total. The van der Waals surface area contributed by atoms with Gasteiger partial charge in [-0.25, -0.2) is 0 Å². The lowest BCUT2D eigenvalue weighted by atomic mass is 9.35. The summed E-state index contributed by atoms with van der Waals surface area (Å²) in [6, 6.07) is 1.88. The molecule has 0 aromatic heterocycles. The highest BCUT2D eigenvalue weighted by molar-refractivity contribution is 6.10. The molecule has 10 aliphatic rings. The Balaban J connectivity index is 0.985. The van der Waals surface area contributed by atoms with Gasteiger partial charge in [0.25, 0.3) is 0 Å². The molecule has 342 valence electrons. The molecule has 15 atom stereocenters. The van der Waals surface area contributed by atoms with E-state index in [-0.39, 0.29) is 62.1 Å². The summed E-state index contributed by atoms with van der Waals surface area (Å²) in [6.45, 7) is 26.2. The van der Waals surface area contributed by atoms with Crippen molar-refractivity contribution in [1.82, 2.24) is 0 Å². The van der Waals surface area contributed by atoms with Crippen molar-refractivity contribution in [2.24, 2.45) is 61.6 Å². The van der Waals surface area contributed by atoms with E-state index in [2.05, 4.69) is 74.5 Å². The van der Waals surface area contributed by atoms with Crippen LogP contribution in [0.25, 0.3) is 0 Å². The van der Waals surface area contributed by atoms with Gasteiger partial charge in [0.15, 0.2) is 23.1 Å². The molecule has 0 unspecified atom stereocenters. The number of fused-ring (bicyclic) bond motifs is 17. The van der Waals surface area contributed by atoms with Gasteiger partial charge in [0, 0.05) is 51.2 Å². The summed E-state index contributed by atoms with van der Waals surface area (Å²) in [6.07, 6.45) is 15.9. The lowest BCUT2D eigenvalue weighted by Crippen LogP contribution is -2.70.